The summed E-state index contributed by atoms with van der Waals surface area (Å²) >= 11 is 0. The third-order valence-electron chi connectivity index (χ3n) is 8.27. The molecule has 45 heavy (non-hydrogen) atoms. The largest absolute Gasteiger partial charge is 0.508 e. The highest BCUT2D eigenvalue weighted by molar-refractivity contribution is 6.99. The molecule has 232 valence electrons. The second-order valence-corrected chi connectivity index (χ2v) is 16.9. The van der Waals surface area contributed by atoms with Gasteiger partial charge in [0, 0.05) is 31.1 Å². The van der Waals surface area contributed by atoms with Gasteiger partial charge < -0.3 is 19.0 Å². The summed E-state index contributed by atoms with van der Waals surface area (Å²) < 4.78 is 19.0. The molecule has 0 aromatic heterocycles. The molecule has 5 aromatic rings. The van der Waals surface area contributed by atoms with Crippen LogP contribution in [0.1, 0.15) is 49.4 Å². The molecular weight excluding hydrogens is 573 g/mol. The lowest BCUT2D eigenvalue weighted by molar-refractivity contribution is 0.238. The van der Waals surface area contributed by atoms with Crippen LogP contribution in [0, 0.1) is 6.92 Å². The van der Waals surface area contributed by atoms with E-state index in [2.05, 4.69) is 93.6 Å². The molecule has 5 aromatic carbocycles. The number of hydrogen-bond acceptors (Lipinski definition) is 4. The molecule has 0 aliphatic carbocycles. The van der Waals surface area contributed by atoms with Crippen molar-refractivity contribution in [2.75, 3.05) is 13.2 Å². The van der Waals surface area contributed by atoms with Crippen LogP contribution in [0.25, 0.3) is 0 Å². The molecule has 5 rings (SSSR count). The number of phenols is 1. The number of aromatic hydroxyl groups is 1. The van der Waals surface area contributed by atoms with Gasteiger partial charge in [-0.1, -0.05) is 124 Å². The van der Waals surface area contributed by atoms with E-state index >= 15 is 0 Å². The van der Waals surface area contributed by atoms with Gasteiger partial charge in [-0.3, -0.25) is 0 Å². The lowest BCUT2D eigenvalue weighted by Crippen LogP contribution is -2.66. The van der Waals surface area contributed by atoms with Crippen molar-refractivity contribution in [2.45, 2.75) is 52.2 Å². The monoisotopic (exact) mass is 616 g/mol. The highest BCUT2D eigenvalue weighted by Crippen LogP contribution is 2.37. The van der Waals surface area contributed by atoms with Crippen LogP contribution in [0.3, 0.4) is 0 Å². The molecule has 0 saturated heterocycles. The van der Waals surface area contributed by atoms with E-state index < -0.39 is 8.32 Å². The van der Waals surface area contributed by atoms with E-state index in [0.717, 1.165) is 34.4 Å². The average molecular weight is 617 g/mol. The van der Waals surface area contributed by atoms with Gasteiger partial charge in [0.25, 0.3) is 8.32 Å². The Balaban J connectivity index is 1.16. The van der Waals surface area contributed by atoms with Crippen molar-refractivity contribution in [2.24, 2.45) is 0 Å². The minimum absolute atomic E-state index is 0.0469. The summed E-state index contributed by atoms with van der Waals surface area (Å²) in [6.45, 7) is 10.6. The highest BCUT2D eigenvalue weighted by atomic mass is 28.4. The molecule has 0 saturated carbocycles. The van der Waals surface area contributed by atoms with E-state index in [4.69, 9.17) is 13.9 Å². The third-order valence-corrected chi connectivity index (χ3v) is 13.3. The zero-order valence-electron chi connectivity index (χ0n) is 26.8. The summed E-state index contributed by atoms with van der Waals surface area (Å²) in [4.78, 5) is 0. The zero-order chi connectivity index (χ0) is 31.7. The molecule has 0 aliphatic heterocycles. The fourth-order valence-corrected chi connectivity index (χ4v) is 10.6. The van der Waals surface area contributed by atoms with E-state index in [0.29, 0.717) is 32.0 Å². The van der Waals surface area contributed by atoms with Crippen molar-refractivity contribution in [1.29, 1.82) is 0 Å². The molecule has 0 heterocycles. The number of aryl methyl sites for hydroxylation is 1. The molecule has 4 nitrogen and oxygen atoms in total. The Kier molecular flexibility index (Phi) is 10.4. The summed E-state index contributed by atoms with van der Waals surface area (Å²) in [6.07, 6.45) is 1.42. The van der Waals surface area contributed by atoms with Crippen LogP contribution in [0.5, 0.6) is 17.2 Å². The van der Waals surface area contributed by atoms with Crippen LogP contribution in [0.2, 0.25) is 5.04 Å². The van der Waals surface area contributed by atoms with Crippen LogP contribution in [0.4, 0.5) is 0 Å². The summed E-state index contributed by atoms with van der Waals surface area (Å²) in [7, 11) is -2.54. The van der Waals surface area contributed by atoms with Gasteiger partial charge in [-0.2, -0.15) is 0 Å². The summed E-state index contributed by atoms with van der Waals surface area (Å²) in [5, 5.41) is 13.3. The summed E-state index contributed by atoms with van der Waals surface area (Å²) in [5.74, 6) is 1.74. The van der Waals surface area contributed by atoms with Gasteiger partial charge in [-0.25, -0.2) is 0 Å². The normalized spacial score (nSPS) is 11.7. The maximum Gasteiger partial charge on any atom is 0.261 e. The Bertz CT molecular complexity index is 1570. The maximum absolute atomic E-state index is 10.8. The maximum atomic E-state index is 10.8. The first-order chi connectivity index (χ1) is 21.8. The van der Waals surface area contributed by atoms with E-state index in [-0.39, 0.29) is 10.8 Å². The molecular formula is C40H44O4Si. The minimum Gasteiger partial charge on any atom is -0.508 e. The molecule has 0 amide bonds. The van der Waals surface area contributed by atoms with Gasteiger partial charge in [-0.05, 0) is 57.2 Å². The van der Waals surface area contributed by atoms with Gasteiger partial charge in [0.1, 0.15) is 23.9 Å². The van der Waals surface area contributed by atoms with Gasteiger partial charge in [0.05, 0.1) is 6.61 Å². The molecule has 0 atom stereocenters. The second kappa shape index (κ2) is 14.6. The SMILES string of the molecule is Cc1cc(OCc2ccccc2)cc(O)c1Cc1ccc(OCCCO[Si](c2ccccc2)(c2ccccc2)C(C)(C)C)cc1. The van der Waals surface area contributed by atoms with Crippen molar-refractivity contribution in [3.05, 3.63) is 150 Å². The first kappa shape index (κ1) is 32.1. The van der Waals surface area contributed by atoms with Gasteiger partial charge in [0.15, 0.2) is 0 Å². The number of ether oxygens (including phenoxy) is 2. The van der Waals surface area contributed by atoms with Crippen LogP contribution in [-0.4, -0.2) is 26.6 Å². The minimum atomic E-state index is -2.54. The van der Waals surface area contributed by atoms with E-state index in [9.17, 15) is 5.11 Å². The fraction of sp³-hybridized carbons (Fsp3) is 0.250. The van der Waals surface area contributed by atoms with Crippen LogP contribution >= 0.6 is 0 Å². The molecule has 0 fully saturated rings. The average Bonchev–Trinajstić information content (AvgIpc) is 3.05. The molecule has 0 spiro atoms. The third kappa shape index (κ3) is 7.86. The van der Waals surface area contributed by atoms with Crippen LogP contribution in [-0.2, 0) is 17.5 Å². The Morgan fingerprint density at radius 2 is 1.20 bits per heavy atom. The van der Waals surface area contributed by atoms with E-state index in [1.165, 1.54) is 10.4 Å². The molecule has 0 bridgehead atoms. The van der Waals surface area contributed by atoms with Gasteiger partial charge in [-0.15, -0.1) is 0 Å². The predicted octanol–water partition coefficient (Wildman–Crippen LogP) is 8.22. The second-order valence-electron chi connectivity index (χ2n) is 12.5. The highest BCUT2D eigenvalue weighted by Gasteiger charge is 2.49. The fourth-order valence-electron chi connectivity index (χ4n) is 5.96. The zero-order valence-corrected chi connectivity index (χ0v) is 27.8. The molecule has 1 N–H and O–H groups in total. The van der Waals surface area contributed by atoms with Crippen molar-refractivity contribution in [3.63, 3.8) is 0 Å². The Labute approximate surface area is 269 Å². The lowest BCUT2D eigenvalue weighted by Gasteiger charge is -2.43. The van der Waals surface area contributed by atoms with Crippen molar-refractivity contribution in [3.8, 4) is 17.2 Å². The van der Waals surface area contributed by atoms with Crippen molar-refractivity contribution < 1.29 is 19.0 Å². The van der Waals surface area contributed by atoms with Crippen molar-refractivity contribution >= 4 is 18.7 Å². The molecule has 0 unspecified atom stereocenters. The van der Waals surface area contributed by atoms with E-state index in [1.807, 2.05) is 55.5 Å². The van der Waals surface area contributed by atoms with Crippen LogP contribution < -0.4 is 19.8 Å². The summed E-state index contributed by atoms with van der Waals surface area (Å²) in [6, 6.07) is 43.3. The molecule has 0 aliphatic rings. The summed E-state index contributed by atoms with van der Waals surface area (Å²) in [5.41, 5.74) is 4.09. The Morgan fingerprint density at radius 3 is 1.76 bits per heavy atom. The smallest absolute Gasteiger partial charge is 0.261 e. The molecule has 0 radical (unpaired) electrons. The first-order valence-electron chi connectivity index (χ1n) is 15.7. The number of rotatable bonds is 13. The predicted molar refractivity (Wildman–Crippen MR) is 187 cm³/mol. The Morgan fingerprint density at radius 1 is 0.622 bits per heavy atom. The first-order valence-corrected chi connectivity index (χ1v) is 17.6. The quantitative estimate of drug-likeness (QED) is 0.107. The number of benzene rings is 5. The standard InChI is InChI=1S/C40H44O4Si/c1-31-27-35(43-30-33-15-8-5-9-16-33)29-39(41)38(31)28-32-21-23-34(24-22-32)42-25-14-26-44-45(40(2,3)4,36-17-10-6-11-18-36)37-19-12-7-13-20-37/h5-13,15-24,27,29,41H,14,25-26,28,30H2,1-4H3. The topological polar surface area (TPSA) is 47.9 Å². The van der Waals surface area contributed by atoms with Gasteiger partial charge in [0.2, 0.25) is 0 Å². The lowest BCUT2D eigenvalue weighted by atomic mass is 9.99. The number of phenolic OH excluding ortho intramolecular Hbond substituents is 1. The Hall–Kier alpha value is -4.32. The van der Waals surface area contributed by atoms with E-state index in [1.54, 1.807) is 6.07 Å². The van der Waals surface area contributed by atoms with Gasteiger partial charge >= 0.3 is 0 Å². The van der Waals surface area contributed by atoms with Crippen molar-refractivity contribution in [1.82, 2.24) is 0 Å². The van der Waals surface area contributed by atoms with Crippen LogP contribution in [0.15, 0.2) is 127 Å². The number of hydrogen-bond donors (Lipinski definition) is 1. The molecule has 5 heteroatoms.